The molecule has 1 atom stereocenters. The molecular formula is C21H26N2O4S. The van der Waals surface area contributed by atoms with E-state index in [9.17, 15) is 13.2 Å². The summed E-state index contributed by atoms with van der Waals surface area (Å²) < 4.78 is 31.2. The number of carbonyl (C=O) groups is 1. The lowest BCUT2D eigenvalue weighted by atomic mass is 10.0. The molecule has 150 valence electrons. The molecule has 7 heteroatoms. The van der Waals surface area contributed by atoms with Crippen LogP contribution >= 0.6 is 0 Å². The molecule has 0 radical (unpaired) electrons. The highest BCUT2D eigenvalue weighted by atomic mass is 32.2. The number of sulfonamides is 1. The number of amides is 1. The molecule has 0 aromatic heterocycles. The number of benzene rings is 2. The standard InChI is InChI=1S/C21H26N2O4S/c1-16(18-8-6-5-7-9-18)15-22-21(24)13-11-17-10-12-19(27-4)20(14-17)28(25,26)23(2)3/h5-14,16H,15H2,1-4H3,(H,22,24)/b13-11+/t16-/m0/s1. The number of hydrogen-bond acceptors (Lipinski definition) is 4. The maximum absolute atomic E-state index is 12.5. The second kappa shape index (κ2) is 9.52. The Morgan fingerprint density at radius 2 is 1.86 bits per heavy atom. The minimum Gasteiger partial charge on any atom is -0.495 e. The van der Waals surface area contributed by atoms with Crippen molar-refractivity contribution in [2.24, 2.45) is 0 Å². The highest BCUT2D eigenvalue weighted by Gasteiger charge is 2.22. The van der Waals surface area contributed by atoms with Gasteiger partial charge in [0, 0.05) is 26.7 Å². The fraction of sp³-hybridized carbons (Fsp3) is 0.286. The summed E-state index contributed by atoms with van der Waals surface area (Å²) in [5, 5.41) is 2.86. The predicted molar refractivity (Wildman–Crippen MR) is 111 cm³/mol. The van der Waals surface area contributed by atoms with E-state index in [0.717, 1.165) is 9.87 Å². The molecule has 1 amide bonds. The third-order valence-electron chi connectivity index (χ3n) is 4.32. The van der Waals surface area contributed by atoms with Crippen molar-refractivity contribution in [1.29, 1.82) is 0 Å². The van der Waals surface area contributed by atoms with Gasteiger partial charge in [-0.05, 0) is 35.3 Å². The normalized spacial score (nSPS) is 12.9. The van der Waals surface area contributed by atoms with E-state index in [4.69, 9.17) is 4.74 Å². The van der Waals surface area contributed by atoms with E-state index in [1.165, 1.54) is 33.3 Å². The molecule has 0 saturated heterocycles. The van der Waals surface area contributed by atoms with Crippen molar-refractivity contribution in [2.45, 2.75) is 17.7 Å². The molecule has 1 N–H and O–H groups in total. The molecule has 2 aromatic carbocycles. The first-order chi connectivity index (χ1) is 13.3. The molecule has 6 nitrogen and oxygen atoms in total. The molecule has 0 aliphatic carbocycles. The smallest absolute Gasteiger partial charge is 0.246 e. The van der Waals surface area contributed by atoms with Crippen LogP contribution in [0.25, 0.3) is 6.08 Å². The van der Waals surface area contributed by atoms with Crippen molar-refractivity contribution < 1.29 is 17.9 Å². The Morgan fingerprint density at radius 1 is 1.18 bits per heavy atom. The molecule has 2 aromatic rings. The van der Waals surface area contributed by atoms with Gasteiger partial charge in [0.05, 0.1) is 7.11 Å². The van der Waals surface area contributed by atoms with Crippen LogP contribution in [0.3, 0.4) is 0 Å². The van der Waals surface area contributed by atoms with Crippen LogP contribution in [0.2, 0.25) is 0 Å². The third-order valence-corrected chi connectivity index (χ3v) is 6.16. The van der Waals surface area contributed by atoms with Gasteiger partial charge in [-0.3, -0.25) is 4.79 Å². The zero-order valence-electron chi connectivity index (χ0n) is 16.5. The Balaban J connectivity index is 2.08. The van der Waals surface area contributed by atoms with Gasteiger partial charge in [-0.1, -0.05) is 43.3 Å². The second-order valence-electron chi connectivity index (χ2n) is 6.59. The quantitative estimate of drug-likeness (QED) is 0.689. The molecule has 28 heavy (non-hydrogen) atoms. The van der Waals surface area contributed by atoms with E-state index in [2.05, 4.69) is 5.32 Å². The molecular weight excluding hydrogens is 376 g/mol. The van der Waals surface area contributed by atoms with Crippen molar-refractivity contribution in [1.82, 2.24) is 9.62 Å². The molecule has 0 aliphatic rings. The van der Waals surface area contributed by atoms with Gasteiger partial charge in [-0.2, -0.15) is 0 Å². The summed E-state index contributed by atoms with van der Waals surface area (Å²) in [5.41, 5.74) is 1.74. The van der Waals surface area contributed by atoms with Crippen LogP contribution in [0, 0.1) is 0 Å². The average molecular weight is 403 g/mol. The average Bonchev–Trinajstić information content (AvgIpc) is 2.70. The van der Waals surface area contributed by atoms with Crippen molar-refractivity contribution >= 4 is 22.0 Å². The van der Waals surface area contributed by atoms with E-state index in [-0.39, 0.29) is 22.5 Å². The zero-order chi connectivity index (χ0) is 20.7. The Labute approximate surface area is 166 Å². The minimum absolute atomic E-state index is 0.0558. The van der Waals surface area contributed by atoms with Crippen LogP contribution in [0.15, 0.2) is 59.5 Å². The Morgan fingerprint density at radius 3 is 2.46 bits per heavy atom. The van der Waals surface area contributed by atoms with Gasteiger partial charge in [0.2, 0.25) is 15.9 Å². The zero-order valence-corrected chi connectivity index (χ0v) is 17.4. The van der Waals surface area contributed by atoms with Crippen LogP contribution in [0.5, 0.6) is 5.75 Å². The first kappa shape index (κ1) is 21.7. The Kier molecular flexibility index (Phi) is 7.37. The van der Waals surface area contributed by atoms with Crippen LogP contribution in [0.4, 0.5) is 0 Å². The largest absolute Gasteiger partial charge is 0.495 e. The third kappa shape index (κ3) is 5.43. The van der Waals surface area contributed by atoms with E-state index in [1.807, 2.05) is 37.3 Å². The van der Waals surface area contributed by atoms with E-state index in [1.54, 1.807) is 18.2 Å². The van der Waals surface area contributed by atoms with Crippen LogP contribution in [0.1, 0.15) is 24.0 Å². The van der Waals surface area contributed by atoms with E-state index in [0.29, 0.717) is 12.1 Å². The van der Waals surface area contributed by atoms with Crippen molar-refractivity contribution in [3.05, 3.63) is 65.7 Å². The highest BCUT2D eigenvalue weighted by Crippen LogP contribution is 2.27. The predicted octanol–water partition coefficient (Wildman–Crippen LogP) is 2.88. The topological polar surface area (TPSA) is 75.7 Å². The molecule has 0 unspecified atom stereocenters. The fourth-order valence-corrected chi connectivity index (χ4v) is 3.66. The van der Waals surface area contributed by atoms with Gasteiger partial charge < -0.3 is 10.1 Å². The van der Waals surface area contributed by atoms with Gasteiger partial charge in [0.25, 0.3) is 0 Å². The Bertz CT molecular complexity index is 938. The van der Waals surface area contributed by atoms with Crippen molar-refractivity contribution in [2.75, 3.05) is 27.7 Å². The summed E-state index contributed by atoms with van der Waals surface area (Å²) in [4.78, 5) is 12.2. The molecule has 0 spiro atoms. The number of nitrogens with one attached hydrogen (secondary N) is 1. The number of nitrogens with zero attached hydrogens (tertiary/aromatic N) is 1. The first-order valence-electron chi connectivity index (χ1n) is 8.87. The summed E-state index contributed by atoms with van der Waals surface area (Å²) in [7, 11) is 0.673. The number of hydrogen-bond donors (Lipinski definition) is 1. The van der Waals surface area contributed by atoms with Gasteiger partial charge in [0.1, 0.15) is 10.6 Å². The molecule has 0 heterocycles. The molecule has 2 rings (SSSR count). The maximum Gasteiger partial charge on any atom is 0.246 e. The van der Waals surface area contributed by atoms with Crippen LogP contribution < -0.4 is 10.1 Å². The summed E-state index contributed by atoms with van der Waals surface area (Å²) in [6.45, 7) is 2.55. The Hall–Kier alpha value is -2.64. The summed E-state index contributed by atoms with van der Waals surface area (Å²) in [6.07, 6.45) is 2.97. The van der Waals surface area contributed by atoms with Crippen LogP contribution in [-0.4, -0.2) is 46.4 Å². The number of methoxy groups -OCH3 is 1. The molecule has 0 aliphatic heterocycles. The summed E-state index contributed by atoms with van der Waals surface area (Å²) in [5.74, 6) is 0.207. The van der Waals surface area contributed by atoms with Gasteiger partial charge in [0.15, 0.2) is 0 Å². The lowest BCUT2D eigenvalue weighted by Gasteiger charge is -2.15. The molecule has 0 fully saturated rings. The SMILES string of the molecule is COc1ccc(/C=C/C(=O)NC[C@H](C)c2ccccc2)cc1S(=O)(=O)N(C)C. The molecule has 0 saturated carbocycles. The van der Waals surface area contributed by atoms with Gasteiger partial charge in [-0.15, -0.1) is 0 Å². The number of ether oxygens (including phenoxy) is 1. The maximum atomic E-state index is 12.5. The first-order valence-corrected chi connectivity index (χ1v) is 10.3. The number of rotatable bonds is 8. The van der Waals surface area contributed by atoms with E-state index < -0.39 is 10.0 Å². The summed E-state index contributed by atoms with van der Waals surface area (Å²) in [6, 6.07) is 14.7. The number of carbonyl (C=O) groups excluding carboxylic acids is 1. The minimum atomic E-state index is -3.66. The van der Waals surface area contributed by atoms with Gasteiger partial charge >= 0.3 is 0 Å². The van der Waals surface area contributed by atoms with E-state index >= 15 is 0 Å². The van der Waals surface area contributed by atoms with Crippen LogP contribution in [-0.2, 0) is 14.8 Å². The van der Waals surface area contributed by atoms with Crippen molar-refractivity contribution in [3.63, 3.8) is 0 Å². The second-order valence-corrected chi connectivity index (χ2v) is 8.71. The van der Waals surface area contributed by atoms with Crippen molar-refractivity contribution in [3.8, 4) is 5.75 Å². The van der Waals surface area contributed by atoms with Gasteiger partial charge in [-0.25, -0.2) is 12.7 Å². The molecule has 0 bridgehead atoms. The lowest BCUT2D eigenvalue weighted by Crippen LogP contribution is -2.25. The fourth-order valence-electron chi connectivity index (χ4n) is 2.58. The monoisotopic (exact) mass is 402 g/mol. The summed E-state index contributed by atoms with van der Waals surface area (Å²) >= 11 is 0. The highest BCUT2D eigenvalue weighted by molar-refractivity contribution is 7.89. The lowest BCUT2D eigenvalue weighted by molar-refractivity contribution is -0.116.